The standard InChI is InChI=1S/C19H20N2O.ClH/c20-18-7-3-6-17(18)19(22)21-14-8-9-16-13(11-14)10-12-4-1-2-5-15(12)16;/h1-2,4-5,8-9,11,17-18H,3,6-7,10,20H2,(H,21,22);1H. The van der Waals surface area contributed by atoms with Crippen LogP contribution in [-0.4, -0.2) is 11.9 Å². The van der Waals surface area contributed by atoms with Crippen molar-refractivity contribution in [2.24, 2.45) is 11.7 Å². The second-order valence-corrected chi connectivity index (χ2v) is 6.40. The Morgan fingerprint density at radius 2 is 1.83 bits per heavy atom. The lowest BCUT2D eigenvalue weighted by molar-refractivity contribution is -0.120. The number of hydrogen-bond donors (Lipinski definition) is 2. The summed E-state index contributed by atoms with van der Waals surface area (Å²) in [7, 11) is 0. The van der Waals surface area contributed by atoms with Crippen molar-refractivity contribution in [1.82, 2.24) is 0 Å². The van der Waals surface area contributed by atoms with Crippen molar-refractivity contribution in [3.63, 3.8) is 0 Å². The summed E-state index contributed by atoms with van der Waals surface area (Å²) in [6.07, 6.45) is 3.86. The van der Waals surface area contributed by atoms with E-state index in [1.165, 1.54) is 22.3 Å². The van der Waals surface area contributed by atoms with Gasteiger partial charge in [0, 0.05) is 11.7 Å². The van der Waals surface area contributed by atoms with E-state index in [1.807, 2.05) is 6.07 Å². The van der Waals surface area contributed by atoms with Crippen molar-refractivity contribution in [2.75, 3.05) is 5.32 Å². The summed E-state index contributed by atoms with van der Waals surface area (Å²) in [6, 6.07) is 14.7. The van der Waals surface area contributed by atoms with Gasteiger partial charge < -0.3 is 11.1 Å². The molecule has 4 rings (SSSR count). The first kappa shape index (κ1) is 16.0. The normalized spacial score (nSPS) is 21.3. The predicted octanol–water partition coefficient (Wildman–Crippen LogP) is 3.75. The second kappa shape index (κ2) is 6.34. The first-order valence-electron chi connectivity index (χ1n) is 8.00. The molecule has 2 aliphatic carbocycles. The van der Waals surface area contributed by atoms with E-state index in [0.29, 0.717) is 0 Å². The van der Waals surface area contributed by atoms with Gasteiger partial charge in [-0.25, -0.2) is 0 Å². The number of carbonyl (C=O) groups is 1. The lowest BCUT2D eigenvalue weighted by atomic mass is 10.0. The maximum atomic E-state index is 12.4. The van der Waals surface area contributed by atoms with Crippen LogP contribution in [0, 0.1) is 5.92 Å². The molecule has 1 saturated carbocycles. The summed E-state index contributed by atoms with van der Waals surface area (Å²) < 4.78 is 0. The molecule has 3 nitrogen and oxygen atoms in total. The van der Waals surface area contributed by atoms with Crippen molar-refractivity contribution in [2.45, 2.75) is 31.7 Å². The maximum Gasteiger partial charge on any atom is 0.229 e. The summed E-state index contributed by atoms with van der Waals surface area (Å²) in [6.45, 7) is 0. The third kappa shape index (κ3) is 2.87. The fourth-order valence-electron chi connectivity index (χ4n) is 3.77. The largest absolute Gasteiger partial charge is 0.327 e. The molecule has 1 fully saturated rings. The van der Waals surface area contributed by atoms with E-state index in [0.717, 1.165) is 31.4 Å². The Balaban J connectivity index is 0.00000156. The average Bonchev–Trinajstić information content (AvgIpc) is 3.10. The molecule has 2 unspecified atom stereocenters. The summed E-state index contributed by atoms with van der Waals surface area (Å²) in [5.41, 5.74) is 12.1. The van der Waals surface area contributed by atoms with E-state index in [4.69, 9.17) is 5.73 Å². The fourth-order valence-corrected chi connectivity index (χ4v) is 3.77. The molecule has 4 heteroatoms. The van der Waals surface area contributed by atoms with Gasteiger partial charge in [-0.1, -0.05) is 36.8 Å². The molecule has 2 aliphatic rings. The minimum Gasteiger partial charge on any atom is -0.327 e. The van der Waals surface area contributed by atoms with Gasteiger partial charge in [0.05, 0.1) is 5.92 Å². The van der Waals surface area contributed by atoms with Crippen LogP contribution in [0.5, 0.6) is 0 Å². The quantitative estimate of drug-likeness (QED) is 0.752. The molecule has 0 bridgehead atoms. The van der Waals surface area contributed by atoms with Crippen LogP contribution in [0.4, 0.5) is 5.69 Å². The van der Waals surface area contributed by atoms with E-state index in [9.17, 15) is 4.79 Å². The van der Waals surface area contributed by atoms with Gasteiger partial charge >= 0.3 is 0 Å². The zero-order valence-corrected chi connectivity index (χ0v) is 13.7. The van der Waals surface area contributed by atoms with Gasteiger partial charge in [-0.2, -0.15) is 0 Å². The van der Waals surface area contributed by atoms with Gasteiger partial charge in [-0.05, 0) is 53.6 Å². The third-order valence-electron chi connectivity index (χ3n) is 4.97. The zero-order chi connectivity index (χ0) is 15.1. The molecule has 0 spiro atoms. The maximum absolute atomic E-state index is 12.4. The predicted molar refractivity (Wildman–Crippen MR) is 95.9 cm³/mol. The Hall–Kier alpha value is -1.84. The SMILES string of the molecule is Cl.NC1CCCC1C(=O)Nc1ccc2c(c1)Cc1ccccc1-2. The number of nitrogens with one attached hydrogen (secondary N) is 1. The van der Waals surface area contributed by atoms with Crippen LogP contribution in [0.3, 0.4) is 0 Å². The van der Waals surface area contributed by atoms with Gasteiger partial charge in [-0.15, -0.1) is 12.4 Å². The molecule has 2 atom stereocenters. The van der Waals surface area contributed by atoms with Crippen LogP contribution in [0.25, 0.3) is 11.1 Å². The Bertz CT molecular complexity index is 744. The van der Waals surface area contributed by atoms with Gasteiger partial charge in [0.25, 0.3) is 0 Å². The molecule has 2 aromatic rings. The molecule has 0 aromatic heterocycles. The first-order chi connectivity index (χ1) is 10.7. The van der Waals surface area contributed by atoms with E-state index in [2.05, 4.69) is 41.7 Å². The van der Waals surface area contributed by atoms with Crippen LogP contribution in [0.1, 0.15) is 30.4 Å². The number of fused-ring (bicyclic) bond motifs is 3. The number of benzene rings is 2. The van der Waals surface area contributed by atoms with Crippen molar-refractivity contribution in [1.29, 1.82) is 0 Å². The smallest absolute Gasteiger partial charge is 0.229 e. The third-order valence-corrected chi connectivity index (χ3v) is 4.97. The number of amides is 1. The molecule has 2 aromatic carbocycles. The van der Waals surface area contributed by atoms with Crippen LogP contribution in [-0.2, 0) is 11.2 Å². The van der Waals surface area contributed by atoms with E-state index in [1.54, 1.807) is 0 Å². The molecule has 0 aliphatic heterocycles. The lowest BCUT2D eigenvalue weighted by Gasteiger charge is -2.15. The Morgan fingerprint density at radius 3 is 2.61 bits per heavy atom. The molecule has 120 valence electrons. The zero-order valence-electron chi connectivity index (χ0n) is 12.9. The summed E-state index contributed by atoms with van der Waals surface area (Å²) >= 11 is 0. The van der Waals surface area contributed by atoms with Crippen molar-refractivity contribution in [3.05, 3.63) is 53.6 Å². The molecule has 0 radical (unpaired) electrons. The van der Waals surface area contributed by atoms with Crippen LogP contribution in [0.2, 0.25) is 0 Å². The molecule has 3 N–H and O–H groups in total. The summed E-state index contributed by atoms with van der Waals surface area (Å²) in [4.78, 5) is 12.4. The molecular weight excluding hydrogens is 308 g/mol. The lowest BCUT2D eigenvalue weighted by Crippen LogP contribution is -2.34. The highest BCUT2D eigenvalue weighted by atomic mass is 35.5. The average molecular weight is 329 g/mol. The Kier molecular flexibility index (Phi) is 4.42. The van der Waals surface area contributed by atoms with E-state index < -0.39 is 0 Å². The number of nitrogens with two attached hydrogens (primary N) is 1. The summed E-state index contributed by atoms with van der Waals surface area (Å²) in [5, 5.41) is 3.05. The van der Waals surface area contributed by atoms with E-state index >= 15 is 0 Å². The van der Waals surface area contributed by atoms with Gasteiger partial charge in [0.1, 0.15) is 0 Å². The van der Waals surface area contributed by atoms with Gasteiger partial charge in [0.15, 0.2) is 0 Å². The number of rotatable bonds is 2. The second-order valence-electron chi connectivity index (χ2n) is 6.40. The van der Waals surface area contributed by atoms with Gasteiger partial charge in [-0.3, -0.25) is 4.79 Å². The molecule has 0 saturated heterocycles. The summed E-state index contributed by atoms with van der Waals surface area (Å²) in [5.74, 6) is 0.0333. The monoisotopic (exact) mass is 328 g/mol. The van der Waals surface area contributed by atoms with Crippen LogP contribution < -0.4 is 11.1 Å². The van der Waals surface area contributed by atoms with Gasteiger partial charge in [0.2, 0.25) is 5.91 Å². The number of carbonyl (C=O) groups excluding carboxylic acids is 1. The number of hydrogen-bond acceptors (Lipinski definition) is 2. The number of anilines is 1. The highest BCUT2D eigenvalue weighted by Crippen LogP contribution is 2.37. The Labute approximate surface area is 142 Å². The molecular formula is C19H21ClN2O. The molecule has 0 heterocycles. The van der Waals surface area contributed by atoms with Crippen molar-refractivity contribution >= 4 is 24.0 Å². The van der Waals surface area contributed by atoms with Crippen LogP contribution >= 0.6 is 12.4 Å². The molecule has 1 amide bonds. The first-order valence-corrected chi connectivity index (χ1v) is 8.00. The van der Waals surface area contributed by atoms with Crippen molar-refractivity contribution in [3.8, 4) is 11.1 Å². The number of halogens is 1. The minimum atomic E-state index is -0.0366. The topological polar surface area (TPSA) is 55.1 Å². The Morgan fingerprint density at radius 1 is 1.04 bits per heavy atom. The van der Waals surface area contributed by atoms with Crippen molar-refractivity contribution < 1.29 is 4.79 Å². The highest BCUT2D eigenvalue weighted by Gasteiger charge is 2.30. The minimum absolute atomic E-state index is 0. The fraction of sp³-hybridized carbons (Fsp3) is 0.316. The van der Waals surface area contributed by atoms with E-state index in [-0.39, 0.29) is 30.3 Å². The molecule has 23 heavy (non-hydrogen) atoms. The van der Waals surface area contributed by atoms with Crippen LogP contribution in [0.15, 0.2) is 42.5 Å². The highest BCUT2D eigenvalue weighted by molar-refractivity contribution is 5.94.